The third-order valence-electron chi connectivity index (χ3n) is 13.8. The number of furan rings is 1. The Labute approximate surface area is 396 Å². The maximum Gasteiger partial charge on any atom is 0.143 e. The molecule has 0 bridgehead atoms. The van der Waals surface area contributed by atoms with Crippen molar-refractivity contribution in [3.63, 3.8) is 0 Å². The summed E-state index contributed by atoms with van der Waals surface area (Å²) in [5.74, 6) is 0. The molecule has 0 aliphatic carbocycles. The predicted molar refractivity (Wildman–Crippen MR) is 289 cm³/mol. The lowest BCUT2D eigenvalue weighted by molar-refractivity contribution is 0.670. The van der Waals surface area contributed by atoms with Crippen LogP contribution in [0.25, 0.3) is 114 Å². The summed E-state index contributed by atoms with van der Waals surface area (Å²) in [4.78, 5) is 2.44. The number of aromatic nitrogens is 1. The van der Waals surface area contributed by atoms with Crippen LogP contribution in [0, 0.1) is 0 Å². The summed E-state index contributed by atoms with van der Waals surface area (Å²) >= 11 is 1.87. The van der Waals surface area contributed by atoms with Crippen molar-refractivity contribution in [1.82, 2.24) is 4.57 Å². The van der Waals surface area contributed by atoms with Crippen LogP contribution in [0.3, 0.4) is 0 Å². The molecule has 0 aliphatic rings. The Morgan fingerprint density at radius 1 is 0.382 bits per heavy atom. The molecule has 3 nitrogen and oxygen atoms in total. The van der Waals surface area contributed by atoms with Gasteiger partial charge < -0.3 is 13.9 Å². The molecule has 0 aliphatic heterocycles. The van der Waals surface area contributed by atoms with Gasteiger partial charge in [-0.15, -0.1) is 11.3 Å². The molecule has 3 aromatic heterocycles. The Morgan fingerprint density at radius 3 is 1.72 bits per heavy atom. The second-order valence-electron chi connectivity index (χ2n) is 17.6. The smallest absolute Gasteiger partial charge is 0.143 e. The summed E-state index contributed by atoms with van der Waals surface area (Å²) in [6, 6.07) is 88.3. The van der Waals surface area contributed by atoms with E-state index in [1.165, 1.54) is 69.4 Å². The van der Waals surface area contributed by atoms with E-state index in [0.717, 1.165) is 61.4 Å². The molecule has 0 atom stereocenters. The average Bonchev–Trinajstić information content (AvgIpc) is 4.09. The second kappa shape index (κ2) is 15.5. The van der Waals surface area contributed by atoms with Gasteiger partial charge in [0.2, 0.25) is 0 Å². The molecule has 68 heavy (non-hydrogen) atoms. The summed E-state index contributed by atoms with van der Waals surface area (Å²) in [7, 11) is 0. The average molecular weight is 885 g/mol. The number of nitrogens with zero attached hydrogens (tertiary/aromatic N) is 2. The first-order valence-corrected chi connectivity index (χ1v) is 24.0. The largest absolute Gasteiger partial charge is 0.455 e. The highest BCUT2D eigenvalue weighted by Crippen LogP contribution is 2.49. The molecule has 0 N–H and O–H groups in total. The molecule has 318 valence electrons. The normalized spacial score (nSPS) is 11.8. The van der Waals surface area contributed by atoms with Crippen LogP contribution in [0.2, 0.25) is 0 Å². The van der Waals surface area contributed by atoms with Gasteiger partial charge >= 0.3 is 0 Å². The second-order valence-corrected chi connectivity index (χ2v) is 18.7. The highest BCUT2D eigenvalue weighted by atomic mass is 32.1. The molecule has 0 spiro atoms. The fourth-order valence-corrected chi connectivity index (χ4v) is 11.9. The molecule has 4 heteroatoms. The van der Waals surface area contributed by atoms with Crippen molar-refractivity contribution in [2.24, 2.45) is 0 Å². The van der Waals surface area contributed by atoms with E-state index in [2.05, 4.69) is 240 Å². The van der Waals surface area contributed by atoms with Crippen LogP contribution in [-0.4, -0.2) is 4.57 Å². The van der Waals surface area contributed by atoms with Gasteiger partial charge in [0, 0.05) is 69.9 Å². The number of fused-ring (bicyclic) bond motifs is 10. The fraction of sp³-hybridized carbons (Fsp3) is 0. The number of rotatable bonds is 7. The SMILES string of the molecule is c1ccc2cc(-c3ccc(N(c4ccc(-c5cccc6c5oc5ccccc56)cc4)c4ccc5c(sc6ccccc65)c4-c4ccc(-n5c6ccccc6c6ccccc65)cc4)cc3)ccc2c1. The van der Waals surface area contributed by atoms with Gasteiger partial charge in [0.15, 0.2) is 0 Å². The van der Waals surface area contributed by atoms with Gasteiger partial charge in [-0.05, 0) is 106 Å². The molecule has 11 aromatic carbocycles. The quantitative estimate of drug-likeness (QED) is 0.159. The van der Waals surface area contributed by atoms with Crippen molar-refractivity contribution in [2.75, 3.05) is 4.90 Å². The minimum atomic E-state index is 0.900. The minimum Gasteiger partial charge on any atom is -0.455 e. The zero-order valence-electron chi connectivity index (χ0n) is 36.8. The van der Waals surface area contributed by atoms with E-state index in [0.29, 0.717) is 0 Å². The molecule has 14 aromatic rings. The van der Waals surface area contributed by atoms with E-state index in [-0.39, 0.29) is 0 Å². The summed E-state index contributed by atoms with van der Waals surface area (Å²) in [6.45, 7) is 0. The van der Waals surface area contributed by atoms with Crippen molar-refractivity contribution in [2.45, 2.75) is 0 Å². The first-order valence-electron chi connectivity index (χ1n) is 23.2. The first-order chi connectivity index (χ1) is 33.7. The monoisotopic (exact) mass is 884 g/mol. The van der Waals surface area contributed by atoms with Gasteiger partial charge in [-0.25, -0.2) is 0 Å². The van der Waals surface area contributed by atoms with Crippen LogP contribution in [-0.2, 0) is 0 Å². The lowest BCUT2D eigenvalue weighted by Gasteiger charge is -2.29. The summed E-state index contributed by atoms with van der Waals surface area (Å²) in [5, 5.41) is 9.78. The number of anilines is 3. The Hall–Kier alpha value is -8.70. The van der Waals surface area contributed by atoms with Gasteiger partial charge in [-0.3, -0.25) is 0 Å². The van der Waals surface area contributed by atoms with Crippen molar-refractivity contribution in [1.29, 1.82) is 0 Å². The zero-order valence-corrected chi connectivity index (χ0v) is 37.6. The Kier molecular flexibility index (Phi) is 8.76. The Balaban J connectivity index is 0.958. The van der Waals surface area contributed by atoms with E-state index in [1.54, 1.807) is 0 Å². The maximum absolute atomic E-state index is 6.52. The Bertz CT molecular complexity index is 4200. The van der Waals surface area contributed by atoms with Gasteiger partial charge in [-0.2, -0.15) is 0 Å². The first kappa shape index (κ1) is 38.6. The number of hydrogen-bond donors (Lipinski definition) is 0. The molecule has 0 radical (unpaired) electrons. The number of thiophene rings is 1. The van der Waals surface area contributed by atoms with E-state index < -0.39 is 0 Å². The van der Waals surface area contributed by atoms with E-state index in [1.807, 2.05) is 23.5 Å². The van der Waals surface area contributed by atoms with Gasteiger partial charge in [0.25, 0.3) is 0 Å². The molecule has 0 unspecified atom stereocenters. The molecular formula is C64H40N2OS. The molecule has 0 amide bonds. The lowest BCUT2D eigenvalue weighted by atomic mass is 9.97. The van der Waals surface area contributed by atoms with Crippen LogP contribution in [0.5, 0.6) is 0 Å². The number of para-hydroxylation sites is 4. The summed E-state index contributed by atoms with van der Waals surface area (Å²) in [5.41, 5.74) is 15.5. The summed E-state index contributed by atoms with van der Waals surface area (Å²) in [6.07, 6.45) is 0. The van der Waals surface area contributed by atoms with E-state index in [9.17, 15) is 0 Å². The maximum atomic E-state index is 6.52. The molecular weight excluding hydrogens is 845 g/mol. The van der Waals surface area contributed by atoms with Gasteiger partial charge in [-0.1, -0.05) is 170 Å². The highest BCUT2D eigenvalue weighted by Gasteiger charge is 2.23. The fourth-order valence-electron chi connectivity index (χ4n) is 10.6. The molecule has 0 saturated heterocycles. The van der Waals surface area contributed by atoms with Crippen LogP contribution in [0.1, 0.15) is 0 Å². The van der Waals surface area contributed by atoms with E-state index in [4.69, 9.17) is 4.42 Å². The Morgan fingerprint density at radius 2 is 0.971 bits per heavy atom. The van der Waals surface area contributed by atoms with Crippen LogP contribution in [0.4, 0.5) is 17.1 Å². The zero-order chi connectivity index (χ0) is 44.7. The lowest BCUT2D eigenvalue weighted by Crippen LogP contribution is -2.11. The molecule has 0 saturated carbocycles. The minimum absolute atomic E-state index is 0.900. The van der Waals surface area contributed by atoms with Crippen LogP contribution < -0.4 is 4.90 Å². The topological polar surface area (TPSA) is 21.3 Å². The van der Waals surface area contributed by atoms with Crippen LogP contribution >= 0.6 is 11.3 Å². The van der Waals surface area contributed by atoms with Crippen molar-refractivity contribution in [3.05, 3.63) is 243 Å². The van der Waals surface area contributed by atoms with Crippen molar-refractivity contribution in [3.8, 4) is 39.1 Å². The third-order valence-corrected chi connectivity index (χ3v) is 15.0. The molecule has 0 fully saturated rings. The standard InChI is InChI=1S/C64H40N2OS/c1-2-13-45-40-46(25-24-41(45)12-1)42-26-32-47(33-27-42)65(48-34-28-43(29-35-48)50-18-11-19-55-53-16-5-9-22-60(53)67-63(50)55)59-39-38-56-54-17-6-10-23-61(54)68-64(56)62(59)44-30-36-49(37-31-44)66-57-20-7-3-14-51(57)52-15-4-8-21-58(52)66/h1-40H. The van der Waals surface area contributed by atoms with E-state index >= 15 is 0 Å². The summed E-state index contributed by atoms with van der Waals surface area (Å²) < 4.78 is 11.5. The number of hydrogen-bond acceptors (Lipinski definition) is 3. The number of benzene rings is 11. The van der Waals surface area contributed by atoms with Crippen molar-refractivity contribution < 1.29 is 4.42 Å². The molecule has 14 rings (SSSR count). The predicted octanol–water partition coefficient (Wildman–Crippen LogP) is 18.7. The highest BCUT2D eigenvalue weighted by molar-refractivity contribution is 7.26. The van der Waals surface area contributed by atoms with Gasteiger partial charge in [0.05, 0.1) is 16.7 Å². The molecule has 3 heterocycles. The van der Waals surface area contributed by atoms with Gasteiger partial charge in [0.1, 0.15) is 11.2 Å². The third kappa shape index (κ3) is 6.12. The van der Waals surface area contributed by atoms with Crippen molar-refractivity contribution >= 4 is 103 Å². The van der Waals surface area contributed by atoms with Crippen LogP contribution in [0.15, 0.2) is 247 Å².